The summed E-state index contributed by atoms with van der Waals surface area (Å²) in [5, 5.41) is 11.0. The number of hydrogen-bond acceptors (Lipinski definition) is 5. The molecule has 2 heterocycles. The Bertz CT molecular complexity index is 1450. The highest BCUT2D eigenvalue weighted by atomic mass is 35.5. The predicted octanol–water partition coefficient (Wildman–Crippen LogP) is 6.20. The molecule has 1 saturated carbocycles. The minimum atomic E-state index is -3.50. The van der Waals surface area contributed by atoms with Crippen molar-refractivity contribution in [2.24, 2.45) is 5.41 Å². The maximum absolute atomic E-state index is 15.1. The van der Waals surface area contributed by atoms with Crippen molar-refractivity contribution in [1.82, 2.24) is 14.1 Å². The molecule has 0 spiro atoms. The van der Waals surface area contributed by atoms with Gasteiger partial charge in [0.1, 0.15) is 0 Å². The molecule has 11 heteroatoms. The summed E-state index contributed by atoms with van der Waals surface area (Å²) < 4.78 is 27.9. The number of carbonyl (C=O) groups is 2. The van der Waals surface area contributed by atoms with Crippen LogP contribution in [0.15, 0.2) is 48.5 Å². The van der Waals surface area contributed by atoms with E-state index in [0.29, 0.717) is 48.7 Å². The average Bonchev–Trinajstić information content (AvgIpc) is 3.73. The number of carboxylic acid groups (broad SMARTS) is 1. The summed E-state index contributed by atoms with van der Waals surface area (Å²) in [4.78, 5) is 31.8. The van der Waals surface area contributed by atoms with Crippen LogP contribution in [0.4, 0.5) is 0 Å². The zero-order valence-corrected chi connectivity index (χ0v) is 27.8. The van der Waals surface area contributed by atoms with E-state index in [1.807, 2.05) is 42.2 Å². The normalized spacial score (nSPS) is 25.5. The van der Waals surface area contributed by atoms with Crippen LogP contribution in [0, 0.1) is 5.41 Å². The van der Waals surface area contributed by atoms with E-state index in [-0.39, 0.29) is 30.0 Å². The summed E-state index contributed by atoms with van der Waals surface area (Å²) in [6.07, 6.45) is 4.42. The molecule has 0 aromatic heterocycles. The standard InChI is InChI=1S/C33H43Cl2N3O5S/c1-3-27(22-36(2)44(42,43)28-13-14-28)38-31(23-9-11-25(34)12-10-23)29(24-7-6-8-26(35)19-24)20-33(32(38)41,21-30(39)40)15-18-37-16-4-5-17-37/h6-12,19,27-29,31H,3-5,13-18,20-22H2,1-2H3,(H,39,40)/t27?,29-,31-,33-/m1/s1. The number of amides is 1. The zero-order chi connectivity index (χ0) is 31.6. The Hall–Kier alpha value is -2.17. The van der Waals surface area contributed by atoms with E-state index in [4.69, 9.17) is 23.2 Å². The van der Waals surface area contributed by atoms with Gasteiger partial charge in [0.2, 0.25) is 15.9 Å². The Balaban J connectivity index is 1.65. The third kappa shape index (κ3) is 7.12. The van der Waals surface area contributed by atoms with Crippen molar-refractivity contribution in [1.29, 1.82) is 0 Å². The number of benzene rings is 2. The summed E-state index contributed by atoms with van der Waals surface area (Å²) in [6, 6.07) is 14.0. The van der Waals surface area contributed by atoms with Gasteiger partial charge in [-0.1, -0.05) is 54.4 Å². The maximum atomic E-state index is 15.1. The van der Waals surface area contributed by atoms with Crippen molar-refractivity contribution in [3.8, 4) is 0 Å². The molecule has 44 heavy (non-hydrogen) atoms. The summed E-state index contributed by atoms with van der Waals surface area (Å²) in [6.45, 7) is 4.60. The number of sulfonamides is 1. The van der Waals surface area contributed by atoms with Gasteiger partial charge in [0, 0.05) is 35.6 Å². The lowest BCUT2D eigenvalue weighted by Gasteiger charge is -2.53. The first-order chi connectivity index (χ1) is 20.9. The molecule has 1 unspecified atom stereocenters. The van der Waals surface area contributed by atoms with Crippen LogP contribution in [0.25, 0.3) is 0 Å². The smallest absolute Gasteiger partial charge is 0.304 e. The van der Waals surface area contributed by atoms with Crippen LogP contribution < -0.4 is 0 Å². The molecule has 240 valence electrons. The Morgan fingerprint density at radius 2 is 1.75 bits per heavy atom. The third-order valence-corrected chi connectivity index (χ3v) is 12.6. The van der Waals surface area contributed by atoms with Crippen molar-refractivity contribution in [3.63, 3.8) is 0 Å². The molecule has 1 N–H and O–H groups in total. The molecule has 3 aliphatic rings. The van der Waals surface area contributed by atoms with Gasteiger partial charge in [0.15, 0.2) is 0 Å². The maximum Gasteiger partial charge on any atom is 0.304 e. The van der Waals surface area contributed by atoms with E-state index in [9.17, 15) is 18.3 Å². The molecule has 2 aromatic carbocycles. The first-order valence-corrected chi connectivity index (χ1v) is 17.9. The molecule has 0 radical (unpaired) electrons. The van der Waals surface area contributed by atoms with Crippen LogP contribution in [0.5, 0.6) is 0 Å². The molecular formula is C33H43Cl2N3O5S. The van der Waals surface area contributed by atoms with Crippen LogP contribution in [-0.4, -0.2) is 84.0 Å². The second-order valence-corrected chi connectivity index (χ2v) is 16.0. The van der Waals surface area contributed by atoms with E-state index in [2.05, 4.69) is 4.90 Å². The predicted molar refractivity (Wildman–Crippen MR) is 173 cm³/mol. The third-order valence-electron chi connectivity index (χ3n) is 9.78. The first kappa shape index (κ1) is 33.2. The van der Waals surface area contributed by atoms with Gasteiger partial charge in [-0.25, -0.2) is 12.7 Å². The van der Waals surface area contributed by atoms with E-state index < -0.39 is 33.5 Å². The number of piperidine rings is 1. The average molecular weight is 665 g/mol. The summed E-state index contributed by atoms with van der Waals surface area (Å²) >= 11 is 12.8. The number of carboxylic acids is 1. The molecule has 4 atom stereocenters. The Labute approximate surface area is 271 Å². The monoisotopic (exact) mass is 663 g/mol. The van der Waals surface area contributed by atoms with Crippen LogP contribution in [0.2, 0.25) is 10.0 Å². The number of aliphatic carboxylic acids is 1. The lowest BCUT2D eigenvalue weighted by Crippen LogP contribution is -2.59. The number of carbonyl (C=O) groups excluding carboxylic acids is 1. The second kappa shape index (κ2) is 13.7. The van der Waals surface area contributed by atoms with Crippen LogP contribution >= 0.6 is 23.2 Å². The Morgan fingerprint density at radius 1 is 1.07 bits per heavy atom. The summed E-state index contributed by atoms with van der Waals surface area (Å²) in [7, 11) is -1.90. The van der Waals surface area contributed by atoms with Gasteiger partial charge in [0.25, 0.3) is 0 Å². The van der Waals surface area contributed by atoms with Crippen molar-refractivity contribution < 1.29 is 23.1 Å². The van der Waals surface area contributed by atoms with Crippen LogP contribution in [-0.2, 0) is 19.6 Å². The highest BCUT2D eigenvalue weighted by molar-refractivity contribution is 7.90. The molecule has 2 aliphatic heterocycles. The molecule has 5 rings (SSSR count). The SMILES string of the molecule is CCC(CN(C)S(=O)(=O)C1CC1)N1C(=O)[C@@](CCN2CCCC2)(CC(=O)O)C[C@H](c2cccc(Cl)c2)[C@H]1c1ccc(Cl)cc1. The number of halogens is 2. The fourth-order valence-corrected chi connectivity index (χ4v) is 9.19. The van der Waals surface area contributed by atoms with E-state index in [1.54, 1.807) is 25.2 Å². The van der Waals surface area contributed by atoms with Gasteiger partial charge >= 0.3 is 5.97 Å². The molecule has 1 amide bonds. The number of nitrogens with zero attached hydrogens (tertiary/aromatic N) is 3. The fraction of sp³-hybridized carbons (Fsp3) is 0.576. The Morgan fingerprint density at radius 3 is 2.34 bits per heavy atom. The van der Waals surface area contributed by atoms with Gasteiger partial charge in [0.05, 0.1) is 23.1 Å². The van der Waals surface area contributed by atoms with E-state index >= 15 is 4.79 Å². The number of likely N-dealkylation sites (tertiary alicyclic amines) is 2. The minimum Gasteiger partial charge on any atom is -0.481 e. The summed E-state index contributed by atoms with van der Waals surface area (Å²) in [5.74, 6) is -1.53. The molecule has 2 aromatic rings. The van der Waals surface area contributed by atoms with Crippen LogP contribution in [0.1, 0.15) is 81.4 Å². The van der Waals surface area contributed by atoms with E-state index in [1.165, 1.54) is 4.31 Å². The Kier molecular flexibility index (Phi) is 10.3. The van der Waals surface area contributed by atoms with Gasteiger partial charge in [-0.3, -0.25) is 9.59 Å². The van der Waals surface area contributed by atoms with Gasteiger partial charge in [-0.2, -0.15) is 0 Å². The first-order valence-electron chi connectivity index (χ1n) is 15.7. The number of likely N-dealkylation sites (N-methyl/N-ethyl adjacent to an activating group) is 1. The van der Waals surface area contributed by atoms with Gasteiger partial charge < -0.3 is 14.9 Å². The highest BCUT2D eigenvalue weighted by Gasteiger charge is 2.55. The number of rotatable bonds is 13. The minimum absolute atomic E-state index is 0.128. The molecule has 3 fully saturated rings. The van der Waals surface area contributed by atoms with Crippen molar-refractivity contribution in [2.75, 3.05) is 33.2 Å². The van der Waals surface area contributed by atoms with Crippen molar-refractivity contribution in [2.45, 2.75) is 81.5 Å². The molecule has 0 bridgehead atoms. The molecular weight excluding hydrogens is 621 g/mol. The summed E-state index contributed by atoms with van der Waals surface area (Å²) in [5.41, 5.74) is 0.605. The molecule has 1 aliphatic carbocycles. The van der Waals surface area contributed by atoms with Gasteiger partial charge in [-0.05, 0) is 100.0 Å². The lowest BCUT2D eigenvalue weighted by molar-refractivity contribution is -0.163. The topological polar surface area (TPSA) is 98.2 Å². The largest absolute Gasteiger partial charge is 0.481 e. The fourth-order valence-electron chi connectivity index (χ4n) is 7.24. The van der Waals surface area contributed by atoms with Crippen molar-refractivity contribution in [3.05, 3.63) is 69.7 Å². The molecule has 2 saturated heterocycles. The zero-order valence-electron chi connectivity index (χ0n) is 25.5. The molecule has 8 nitrogen and oxygen atoms in total. The lowest BCUT2D eigenvalue weighted by atomic mass is 9.64. The van der Waals surface area contributed by atoms with Crippen molar-refractivity contribution >= 4 is 45.1 Å². The quantitative estimate of drug-likeness (QED) is 0.274. The van der Waals surface area contributed by atoms with Crippen LogP contribution in [0.3, 0.4) is 0 Å². The number of hydrogen-bond donors (Lipinski definition) is 1. The second-order valence-electron chi connectivity index (χ2n) is 12.8. The van der Waals surface area contributed by atoms with Gasteiger partial charge in [-0.15, -0.1) is 0 Å². The van der Waals surface area contributed by atoms with E-state index in [0.717, 1.165) is 37.1 Å². The highest BCUT2D eigenvalue weighted by Crippen LogP contribution is 2.54.